The lowest BCUT2D eigenvalue weighted by molar-refractivity contribution is 0.247. The number of nitrogens with one attached hydrogen (secondary N) is 1. The Morgan fingerprint density at radius 2 is 1.88 bits per heavy atom. The maximum absolute atomic E-state index is 9.78. The van der Waals surface area contributed by atoms with Gasteiger partial charge in [-0.25, -0.2) is 20.2 Å². The quantitative estimate of drug-likeness (QED) is 0.619. The summed E-state index contributed by atoms with van der Waals surface area (Å²) in [5.74, 6) is 1.13. The second kappa shape index (κ2) is 8.09. The van der Waals surface area contributed by atoms with Crippen LogP contribution in [-0.2, 0) is 0 Å². The smallest absolute Gasteiger partial charge is 0.253 e. The largest absolute Gasteiger partial charge is 0.354 e. The molecule has 3 aromatic heterocycles. The standard InChI is InChI=1S/C22H24N10/c1-14-12-15(2)32(29-14)22-26-20(17(13-23)21(27-22)28-24)18-4-3-5-19(25-18)31-10-8-30(9-11-31)16-6-7-16/h3-5,12,16,24H,6-11H2,1-2H3. The van der Waals surface area contributed by atoms with E-state index in [-0.39, 0.29) is 17.3 Å². The topological polar surface area (TPSA) is 123 Å². The minimum absolute atomic E-state index is 0.00491. The highest BCUT2D eigenvalue weighted by Gasteiger charge is 2.31. The molecule has 1 N–H and O–H groups in total. The molecule has 0 atom stereocenters. The molecule has 4 heterocycles. The van der Waals surface area contributed by atoms with E-state index in [0.717, 1.165) is 49.4 Å². The number of piperazine rings is 1. The van der Waals surface area contributed by atoms with Crippen LogP contribution in [0.1, 0.15) is 29.8 Å². The van der Waals surface area contributed by atoms with Gasteiger partial charge in [-0.1, -0.05) is 6.07 Å². The van der Waals surface area contributed by atoms with E-state index in [1.165, 1.54) is 12.8 Å². The summed E-state index contributed by atoms with van der Waals surface area (Å²) in [4.78, 5) is 18.6. The van der Waals surface area contributed by atoms with Gasteiger partial charge >= 0.3 is 0 Å². The fraction of sp³-hybridized carbons (Fsp3) is 0.409. The van der Waals surface area contributed by atoms with Gasteiger partial charge in [0.1, 0.15) is 23.1 Å². The first kappa shape index (κ1) is 20.2. The highest BCUT2D eigenvalue weighted by molar-refractivity contribution is 5.70. The second-order valence-electron chi connectivity index (χ2n) is 8.27. The summed E-state index contributed by atoms with van der Waals surface area (Å²) in [7, 11) is 0. The summed E-state index contributed by atoms with van der Waals surface area (Å²) in [6.45, 7) is 7.71. The molecule has 10 heteroatoms. The maximum Gasteiger partial charge on any atom is 0.253 e. The van der Waals surface area contributed by atoms with Gasteiger partial charge in [-0.3, -0.25) is 4.90 Å². The van der Waals surface area contributed by atoms with Crippen molar-refractivity contribution in [3.8, 4) is 23.4 Å². The minimum Gasteiger partial charge on any atom is -0.354 e. The van der Waals surface area contributed by atoms with E-state index in [1.54, 1.807) is 4.68 Å². The van der Waals surface area contributed by atoms with Gasteiger partial charge in [0, 0.05) is 37.9 Å². The molecule has 3 aromatic rings. The van der Waals surface area contributed by atoms with Crippen LogP contribution in [0.5, 0.6) is 0 Å². The summed E-state index contributed by atoms with van der Waals surface area (Å²) in [6.07, 6.45) is 2.64. The number of nitriles is 1. The molecule has 0 unspecified atom stereocenters. The molecule has 0 spiro atoms. The molecule has 0 aromatic carbocycles. The van der Waals surface area contributed by atoms with E-state index in [9.17, 15) is 5.26 Å². The lowest BCUT2D eigenvalue weighted by Crippen LogP contribution is -2.47. The molecule has 2 fully saturated rings. The van der Waals surface area contributed by atoms with Gasteiger partial charge in [0.25, 0.3) is 5.95 Å². The molecule has 10 nitrogen and oxygen atoms in total. The first-order chi connectivity index (χ1) is 15.6. The lowest BCUT2D eigenvalue weighted by atomic mass is 10.1. The number of aryl methyl sites for hydroxylation is 2. The molecule has 2 aliphatic rings. The summed E-state index contributed by atoms with van der Waals surface area (Å²) in [5.41, 5.74) is 10.3. The van der Waals surface area contributed by atoms with Crippen molar-refractivity contribution >= 4 is 11.6 Å². The average molecular weight is 429 g/mol. The molecule has 1 saturated heterocycles. The predicted molar refractivity (Wildman–Crippen MR) is 118 cm³/mol. The normalized spacial score (nSPS) is 16.7. The molecule has 32 heavy (non-hydrogen) atoms. The molecular weight excluding hydrogens is 404 g/mol. The first-order valence-electron chi connectivity index (χ1n) is 10.8. The Hall–Kier alpha value is -3.71. The van der Waals surface area contributed by atoms with Crippen LogP contribution in [0.15, 0.2) is 29.4 Å². The van der Waals surface area contributed by atoms with Gasteiger partial charge in [0.2, 0.25) is 0 Å². The van der Waals surface area contributed by atoms with Crippen molar-refractivity contribution in [3.63, 3.8) is 0 Å². The van der Waals surface area contributed by atoms with Crippen molar-refractivity contribution in [2.24, 2.45) is 5.11 Å². The third-order valence-electron chi connectivity index (χ3n) is 5.97. The van der Waals surface area contributed by atoms with Gasteiger partial charge in [-0.05, 0) is 44.9 Å². The third-order valence-corrected chi connectivity index (χ3v) is 5.97. The molecule has 0 amide bonds. The number of hydrogen-bond acceptors (Lipinski definition) is 9. The highest BCUT2D eigenvalue weighted by Crippen LogP contribution is 2.31. The second-order valence-corrected chi connectivity index (χ2v) is 8.27. The fourth-order valence-electron chi connectivity index (χ4n) is 4.22. The van der Waals surface area contributed by atoms with Crippen molar-refractivity contribution < 1.29 is 0 Å². The van der Waals surface area contributed by atoms with Crippen LogP contribution < -0.4 is 4.90 Å². The van der Waals surface area contributed by atoms with Crippen LogP contribution in [0.2, 0.25) is 0 Å². The Balaban J connectivity index is 1.53. The summed E-state index contributed by atoms with van der Waals surface area (Å²) in [6, 6.07) is 10.5. The van der Waals surface area contributed by atoms with Crippen LogP contribution in [0.3, 0.4) is 0 Å². The summed E-state index contributed by atoms with van der Waals surface area (Å²) < 4.78 is 1.59. The van der Waals surface area contributed by atoms with Crippen LogP contribution >= 0.6 is 0 Å². The minimum atomic E-state index is 0.00491. The Morgan fingerprint density at radius 1 is 1.09 bits per heavy atom. The number of nitrogens with zero attached hydrogens (tertiary/aromatic N) is 9. The number of pyridine rings is 1. The fourth-order valence-corrected chi connectivity index (χ4v) is 4.22. The SMILES string of the molecule is Cc1cc(C)n(-c2nc(N=N)c(C#N)c(-c3cccc(N4CCN(C5CC5)CC4)n3)n2)n1. The Labute approximate surface area is 186 Å². The first-order valence-corrected chi connectivity index (χ1v) is 10.8. The van der Waals surface area contributed by atoms with Crippen molar-refractivity contribution in [2.45, 2.75) is 32.7 Å². The van der Waals surface area contributed by atoms with Gasteiger partial charge in [0.05, 0.1) is 11.4 Å². The maximum atomic E-state index is 9.78. The zero-order valence-electron chi connectivity index (χ0n) is 18.2. The van der Waals surface area contributed by atoms with Gasteiger partial charge < -0.3 is 4.90 Å². The van der Waals surface area contributed by atoms with Crippen molar-refractivity contribution in [1.82, 2.24) is 29.6 Å². The Kier molecular flexibility index (Phi) is 5.11. The molecule has 1 aliphatic carbocycles. The number of hydrogen-bond donors (Lipinski definition) is 1. The monoisotopic (exact) mass is 428 g/mol. The lowest BCUT2D eigenvalue weighted by Gasteiger charge is -2.35. The molecule has 162 valence electrons. The van der Waals surface area contributed by atoms with E-state index >= 15 is 0 Å². The number of rotatable bonds is 5. The van der Waals surface area contributed by atoms with Crippen molar-refractivity contribution in [1.29, 1.82) is 10.8 Å². The molecular formula is C22H24N10. The Morgan fingerprint density at radius 3 is 2.50 bits per heavy atom. The zero-order valence-corrected chi connectivity index (χ0v) is 18.2. The van der Waals surface area contributed by atoms with Gasteiger partial charge in [-0.2, -0.15) is 15.3 Å². The van der Waals surface area contributed by atoms with E-state index in [2.05, 4.69) is 36.0 Å². The molecule has 1 saturated carbocycles. The molecule has 1 aliphatic heterocycles. The third kappa shape index (κ3) is 3.71. The zero-order chi connectivity index (χ0) is 22.2. The molecule has 0 bridgehead atoms. The van der Waals surface area contributed by atoms with Crippen LogP contribution in [0.4, 0.5) is 11.6 Å². The van der Waals surface area contributed by atoms with E-state index in [1.807, 2.05) is 38.1 Å². The molecule has 0 radical (unpaired) electrons. The van der Waals surface area contributed by atoms with Crippen molar-refractivity contribution in [3.05, 3.63) is 41.2 Å². The summed E-state index contributed by atoms with van der Waals surface area (Å²) in [5, 5.41) is 17.7. The summed E-state index contributed by atoms with van der Waals surface area (Å²) >= 11 is 0. The van der Waals surface area contributed by atoms with Gasteiger partial charge in [0.15, 0.2) is 5.82 Å². The van der Waals surface area contributed by atoms with Crippen LogP contribution in [0.25, 0.3) is 17.3 Å². The van der Waals surface area contributed by atoms with E-state index in [0.29, 0.717) is 11.4 Å². The van der Waals surface area contributed by atoms with Crippen molar-refractivity contribution in [2.75, 3.05) is 31.1 Å². The number of anilines is 1. The highest BCUT2D eigenvalue weighted by atomic mass is 15.4. The van der Waals surface area contributed by atoms with E-state index in [4.69, 9.17) is 10.5 Å². The van der Waals surface area contributed by atoms with Crippen LogP contribution in [0, 0.1) is 30.7 Å². The van der Waals surface area contributed by atoms with Crippen LogP contribution in [-0.4, -0.2) is 61.9 Å². The predicted octanol–water partition coefficient (Wildman–Crippen LogP) is 3.16. The van der Waals surface area contributed by atoms with E-state index < -0.39 is 0 Å². The average Bonchev–Trinajstić information content (AvgIpc) is 3.62. The number of aromatic nitrogens is 5. The van der Waals surface area contributed by atoms with Gasteiger partial charge in [-0.15, -0.1) is 5.11 Å². The Bertz CT molecular complexity index is 1210. The molecule has 5 rings (SSSR count).